The fourth-order valence-electron chi connectivity index (χ4n) is 7.64. The zero-order chi connectivity index (χ0) is 26.5. The van der Waals surface area contributed by atoms with Gasteiger partial charge in [0.05, 0.1) is 23.7 Å². The second-order valence-electron chi connectivity index (χ2n) is 12.3. The molecule has 0 saturated carbocycles. The van der Waals surface area contributed by atoms with Gasteiger partial charge in [-0.25, -0.2) is 0 Å². The highest BCUT2D eigenvalue weighted by atomic mass is 16.5. The van der Waals surface area contributed by atoms with E-state index < -0.39 is 0 Å². The summed E-state index contributed by atoms with van der Waals surface area (Å²) in [5, 5.41) is 10.2. The molecule has 2 aromatic carbocycles. The van der Waals surface area contributed by atoms with Gasteiger partial charge < -0.3 is 9.64 Å². The lowest BCUT2D eigenvalue weighted by molar-refractivity contribution is 0.0386. The molecule has 0 N–H and O–H groups in total. The summed E-state index contributed by atoms with van der Waals surface area (Å²) in [6.45, 7) is 6.86. The molecular formula is C33H38N6O. The van der Waals surface area contributed by atoms with Crippen LogP contribution in [-0.4, -0.2) is 68.1 Å². The van der Waals surface area contributed by atoms with Gasteiger partial charge in [-0.15, -0.1) is 10.2 Å². The summed E-state index contributed by atoms with van der Waals surface area (Å²) in [6, 6.07) is 22.0. The first kappa shape index (κ1) is 24.4. The summed E-state index contributed by atoms with van der Waals surface area (Å²) in [7, 11) is 0. The minimum Gasteiger partial charge on any atom is -0.416 e. The number of benzene rings is 2. The number of nitrogens with zero attached hydrogens (tertiary/aromatic N) is 6. The lowest BCUT2D eigenvalue weighted by atomic mass is 9.83. The maximum atomic E-state index is 6.74. The molecule has 206 valence electrons. The van der Waals surface area contributed by atoms with Crippen LogP contribution in [0.4, 0.5) is 0 Å². The Bertz CT molecular complexity index is 1450. The predicted octanol–water partition coefficient (Wildman–Crippen LogP) is 5.96. The highest BCUT2D eigenvalue weighted by molar-refractivity contribution is 5.71. The van der Waals surface area contributed by atoms with Gasteiger partial charge in [-0.3, -0.25) is 14.3 Å². The smallest absolute Gasteiger partial charge is 0.248 e. The van der Waals surface area contributed by atoms with Crippen LogP contribution in [0.2, 0.25) is 0 Å². The van der Waals surface area contributed by atoms with Crippen molar-refractivity contribution in [2.75, 3.05) is 32.7 Å². The molecule has 1 unspecified atom stereocenters. The van der Waals surface area contributed by atoms with E-state index in [4.69, 9.17) is 14.9 Å². The molecule has 0 radical (unpaired) electrons. The molecule has 6 aliphatic rings. The largest absolute Gasteiger partial charge is 0.416 e. The van der Waals surface area contributed by atoms with Gasteiger partial charge in [0.1, 0.15) is 0 Å². The first-order valence-electron chi connectivity index (χ1n) is 15.2. The van der Waals surface area contributed by atoms with Crippen LogP contribution in [0, 0.1) is 11.8 Å². The molecular weight excluding hydrogens is 496 g/mol. The number of aromatic nitrogens is 4. The van der Waals surface area contributed by atoms with E-state index in [9.17, 15) is 0 Å². The highest BCUT2D eigenvalue weighted by Gasteiger charge is 2.37. The third-order valence-electron chi connectivity index (χ3n) is 9.92. The predicted molar refractivity (Wildman–Crippen MR) is 156 cm³/mol. The molecule has 40 heavy (non-hydrogen) atoms. The number of piperidine rings is 6. The normalized spacial score (nSPS) is 29.1. The van der Waals surface area contributed by atoms with Crippen LogP contribution in [0.1, 0.15) is 38.1 Å². The molecule has 0 aliphatic carbocycles. The van der Waals surface area contributed by atoms with E-state index in [2.05, 4.69) is 92.2 Å². The average molecular weight is 535 g/mol. The Morgan fingerprint density at radius 2 is 1.38 bits per heavy atom. The fourth-order valence-corrected chi connectivity index (χ4v) is 7.64. The van der Waals surface area contributed by atoms with Crippen molar-refractivity contribution in [3.05, 3.63) is 73.1 Å². The lowest BCUT2D eigenvalue weighted by Gasteiger charge is -2.45. The van der Waals surface area contributed by atoms with Gasteiger partial charge in [-0.1, -0.05) is 60.7 Å². The zero-order valence-electron chi connectivity index (χ0n) is 23.1. The van der Waals surface area contributed by atoms with Gasteiger partial charge in [0.15, 0.2) is 0 Å². The van der Waals surface area contributed by atoms with E-state index in [1.807, 2.05) is 0 Å². The molecule has 6 fully saturated rings. The maximum absolute atomic E-state index is 6.74. The van der Waals surface area contributed by atoms with Crippen LogP contribution in [0.25, 0.3) is 22.3 Å². The Morgan fingerprint density at radius 3 is 1.98 bits per heavy atom. The van der Waals surface area contributed by atoms with E-state index in [0.717, 1.165) is 41.3 Å². The minimum absolute atomic E-state index is 0.393. The van der Waals surface area contributed by atoms with E-state index in [0.29, 0.717) is 29.8 Å². The van der Waals surface area contributed by atoms with Crippen LogP contribution < -0.4 is 4.74 Å². The second-order valence-corrected chi connectivity index (χ2v) is 12.3. The van der Waals surface area contributed by atoms with E-state index in [1.54, 1.807) is 0 Å². The SMILES string of the molecule is c1ccc(-c2cn(CC3CC4CCN3CC4)nc2Oc2nn([C@@H]3CN4CCC3CC4)cc2-c2ccccc2)cc1. The molecule has 4 aromatic rings. The van der Waals surface area contributed by atoms with Crippen molar-refractivity contribution >= 4 is 0 Å². The van der Waals surface area contributed by atoms with Gasteiger partial charge >= 0.3 is 0 Å². The zero-order valence-corrected chi connectivity index (χ0v) is 23.1. The topological polar surface area (TPSA) is 51.4 Å². The second kappa shape index (κ2) is 10.2. The molecule has 7 nitrogen and oxygen atoms in total. The molecule has 0 spiro atoms. The number of rotatable bonds is 7. The Kier molecular flexibility index (Phi) is 6.22. The molecule has 6 aliphatic heterocycles. The number of ether oxygens (including phenoxy) is 1. The Balaban J connectivity index is 1.15. The molecule has 2 atom stereocenters. The van der Waals surface area contributed by atoms with Crippen LogP contribution in [0.15, 0.2) is 73.1 Å². The molecule has 10 rings (SSSR count). The van der Waals surface area contributed by atoms with Crippen molar-refractivity contribution in [2.45, 2.75) is 50.7 Å². The number of hydrogen-bond donors (Lipinski definition) is 0. The van der Waals surface area contributed by atoms with Crippen LogP contribution in [-0.2, 0) is 6.54 Å². The maximum Gasteiger partial charge on any atom is 0.248 e. The number of hydrogen-bond acceptors (Lipinski definition) is 5. The lowest BCUT2D eigenvalue weighted by Crippen LogP contribution is -2.50. The van der Waals surface area contributed by atoms with Crippen molar-refractivity contribution in [3.63, 3.8) is 0 Å². The van der Waals surface area contributed by atoms with Crippen LogP contribution in [0.3, 0.4) is 0 Å². The summed E-state index contributed by atoms with van der Waals surface area (Å²) in [5.41, 5.74) is 4.29. The fraction of sp³-hybridized carbons (Fsp3) is 0.455. The molecule has 2 aromatic heterocycles. The summed E-state index contributed by atoms with van der Waals surface area (Å²) < 4.78 is 11.1. The minimum atomic E-state index is 0.393. The van der Waals surface area contributed by atoms with Crippen molar-refractivity contribution in [1.82, 2.24) is 29.4 Å². The third kappa shape index (κ3) is 4.55. The van der Waals surface area contributed by atoms with Crippen molar-refractivity contribution in [3.8, 4) is 34.0 Å². The standard InChI is InChI=1S/C33H38N6O/c1-3-7-25(8-4-1)29-21-38(20-28-19-24-11-17-37(28)18-12-24)34-32(29)40-33-30(26-9-5-2-6-10-26)22-39(35-33)31-23-36-15-13-27(31)14-16-36/h1-10,21-22,24,27-28,31H,11-20,23H2/t28?,31-/m1/s1. The van der Waals surface area contributed by atoms with Gasteiger partial charge in [0.25, 0.3) is 0 Å². The van der Waals surface area contributed by atoms with Crippen molar-refractivity contribution in [2.24, 2.45) is 11.8 Å². The van der Waals surface area contributed by atoms with Gasteiger partial charge in [-0.2, -0.15) is 0 Å². The van der Waals surface area contributed by atoms with Gasteiger partial charge in [0.2, 0.25) is 11.8 Å². The van der Waals surface area contributed by atoms with Gasteiger partial charge in [0, 0.05) is 25.0 Å². The van der Waals surface area contributed by atoms with E-state index >= 15 is 0 Å². The number of fused-ring (bicyclic) bond motifs is 6. The Morgan fingerprint density at radius 1 is 0.725 bits per heavy atom. The molecule has 6 saturated heterocycles. The van der Waals surface area contributed by atoms with Crippen molar-refractivity contribution < 1.29 is 4.74 Å². The van der Waals surface area contributed by atoms with Crippen molar-refractivity contribution in [1.29, 1.82) is 0 Å². The molecule has 4 bridgehead atoms. The van der Waals surface area contributed by atoms with Crippen LogP contribution in [0.5, 0.6) is 11.8 Å². The summed E-state index contributed by atoms with van der Waals surface area (Å²) in [5.74, 6) is 2.84. The van der Waals surface area contributed by atoms with E-state index in [1.165, 1.54) is 58.3 Å². The van der Waals surface area contributed by atoms with Gasteiger partial charge in [-0.05, 0) is 81.2 Å². The first-order valence-corrected chi connectivity index (χ1v) is 15.2. The first-order chi connectivity index (χ1) is 19.8. The molecule has 7 heteroatoms. The summed E-state index contributed by atoms with van der Waals surface area (Å²) in [4.78, 5) is 5.24. The molecule has 0 amide bonds. The Hall–Kier alpha value is -3.42. The summed E-state index contributed by atoms with van der Waals surface area (Å²) in [6.07, 6.45) is 10.9. The highest BCUT2D eigenvalue weighted by Crippen LogP contribution is 2.41. The van der Waals surface area contributed by atoms with E-state index in [-0.39, 0.29) is 0 Å². The third-order valence-corrected chi connectivity index (χ3v) is 9.92. The Labute approximate surface area is 236 Å². The molecule has 8 heterocycles. The monoisotopic (exact) mass is 534 g/mol. The van der Waals surface area contributed by atoms with Crippen LogP contribution >= 0.6 is 0 Å². The summed E-state index contributed by atoms with van der Waals surface area (Å²) >= 11 is 0. The quantitative estimate of drug-likeness (QED) is 0.293. The average Bonchev–Trinajstić information content (AvgIpc) is 3.63.